The van der Waals surface area contributed by atoms with Gasteiger partial charge in [-0.25, -0.2) is 0 Å². The zero-order valence-electron chi connectivity index (χ0n) is 8.51. The van der Waals surface area contributed by atoms with E-state index in [2.05, 4.69) is 5.32 Å². The van der Waals surface area contributed by atoms with Crippen LogP contribution in [0.3, 0.4) is 0 Å². The fourth-order valence-corrected chi connectivity index (χ4v) is 1.14. The van der Waals surface area contributed by atoms with Gasteiger partial charge in [-0.1, -0.05) is 0 Å². The highest BCUT2D eigenvalue weighted by Crippen LogP contribution is 2.14. The lowest BCUT2D eigenvalue weighted by Gasteiger charge is -1.99. The lowest BCUT2D eigenvalue weighted by Crippen LogP contribution is -2.15. The van der Waals surface area contributed by atoms with E-state index in [-0.39, 0.29) is 12.3 Å². The number of hydrogen-bond donors (Lipinski definition) is 2. The van der Waals surface area contributed by atoms with E-state index in [9.17, 15) is 14.9 Å². The molecule has 0 saturated heterocycles. The first-order valence-electron chi connectivity index (χ1n) is 4.75. The van der Waals surface area contributed by atoms with Crippen molar-refractivity contribution in [1.82, 2.24) is 5.32 Å². The van der Waals surface area contributed by atoms with Gasteiger partial charge in [-0.15, -0.1) is 0 Å². The number of aliphatic carboxylic acids is 1. The molecule has 1 heterocycles. The minimum atomic E-state index is -0.838. The van der Waals surface area contributed by atoms with Crippen molar-refractivity contribution >= 4 is 11.9 Å². The summed E-state index contributed by atoms with van der Waals surface area (Å²) in [5, 5.41) is 21.6. The lowest BCUT2D eigenvalue weighted by molar-refractivity contribution is -0.402. The van der Waals surface area contributed by atoms with Crippen LogP contribution in [0.1, 0.15) is 18.6 Å². The van der Waals surface area contributed by atoms with E-state index in [1.54, 1.807) is 0 Å². The topological polar surface area (TPSA) is 106 Å². The van der Waals surface area contributed by atoms with Gasteiger partial charge in [-0.05, 0) is 19.0 Å². The molecule has 0 aliphatic carbocycles. The molecule has 0 aromatic carbocycles. The molecule has 0 amide bonds. The van der Waals surface area contributed by atoms with Crippen molar-refractivity contribution in [3.63, 3.8) is 0 Å². The van der Waals surface area contributed by atoms with E-state index in [1.807, 2.05) is 0 Å². The van der Waals surface area contributed by atoms with Crippen molar-refractivity contribution in [1.29, 1.82) is 0 Å². The van der Waals surface area contributed by atoms with Crippen LogP contribution in [0, 0.1) is 10.1 Å². The summed E-state index contributed by atoms with van der Waals surface area (Å²) in [7, 11) is 0. The van der Waals surface area contributed by atoms with Gasteiger partial charge in [0.25, 0.3) is 0 Å². The number of carbonyl (C=O) groups is 1. The Bertz CT molecular complexity index is 374. The molecule has 0 atom stereocenters. The van der Waals surface area contributed by atoms with Gasteiger partial charge in [0.1, 0.15) is 10.7 Å². The molecule has 0 radical (unpaired) electrons. The molecule has 88 valence electrons. The van der Waals surface area contributed by atoms with Gasteiger partial charge in [-0.3, -0.25) is 14.9 Å². The Kier molecular flexibility index (Phi) is 4.46. The van der Waals surface area contributed by atoms with Crippen LogP contribution in [0.15, 0.2) is 16.5 Å². The Balaban J connectivity index is 2.21. The summed E-state index contributed by atoms with van der Waals surface area (Å²) in [6, 6.07) is 2.80. The van der Waals surface area contributed by atoms with Crippen LogP contribution in [0.2, 0.25) is 0 Å². The second kappa shape index (κ2) is 5.86. The van der Waals surface area contributed by atoms with Gasteiger partial charge < -0.3 is 14.8 Å². The van der Waals surface area contributed by atoms with Crippen LogP contribution < -0.4 is 5.32 Å². The monoisotopic (exact) mass is 228 g/mol. The maximum Gasteiger partial charge on any atom is 0.433 e. The van der Waals surface area contributed by atoms with Crippen molar-refractivity contribution in [2.45, 2.75) is 19.4 Å². The molecule has 0 unspecified atom stereocenters. The highest BCUT2D eigenvalue weighted by atomic mass is 16.6. The molecule has 1 aromatic rings. The van der Waals surface area contributed by atoms with Gasteiger partial charge in [0.05, 0.1) is 12.6 Å². The van der Waals surface area contributed by atoms with E-state index in [1.165, 1.54) is 12.1 Å². The van der Waals surface area contributed by atoms with Crippen LogP contribution in [0.5, 0.6) is 0 Å². The first kappa shape index (κ1) is 12.2. The first-order chi connectivity index (χ1) is 7.59. The van der Waals surface area contributed by atoms with E-state index in [4.69, 9.17) is 9.52 Å². The molecule has 7 heteroatoms. The third-order valence-corrected chi connectivity index (χ3v) is 1.87. The Hall–Kier alpha value is -1.89. The Morgan fingerprint density at radius 3 is 2.88 bits per heavy atom. The number of nitrogens with one attached hydrogen (secondary N) is 1. The smallest absolute Gasteiger partial charge is 0.433 e. The molecular formula is C9H12N2O5. The normalized spacial score (nSPS) is 10.2. The van der Waals surface area contributed by atoms with Gasteiger partial charge in [0, 0.05) is 6.42 Å². The lowest BCUT2D eigenvalue weighted by atomic mass is 10.3. The molecule has 1 rings (SSSR count). The quantitative estimate of drug-likeness (QED) is 0.412. The highest BCUT2D eigenvalue weighted by molar-refractivity contribution is 5.66. The molecule has 0 saturated carbocycles. The third kappa shape index (κ3) is 4.09. The van der Waals surface area contributed by atoms with E-state index >= 15 is 0 Å². The fraction of sp³-hybridized carbons (Fsp3) is 0.444. The molecule has 0 fully saturated rings. The summed E-state index contributed by atoms with van der Waals surface area (Å²) in [5.41, 5.74) is 0. The second-order valence-electron chi connectivity index (χ2n) is 3.17. The SMILES string of the molecule is O=C(O)CCCNCc1ccc([N+](=O)[O-])o1. The largest absolute Gasteiger partial charge is 0.481 e. The minimum Gasteiger partial charge on any atom is -0.481 e. The average molecular weight is 228 g/mol. The van der Waals surface area contributed by atoms with Crippen LogP contribution >= 0.6 is 0 Å². The summed E-state index contributed by atoms with van der Waals surface area (Å²) in [4.78, 5) is 19.9. The number of carboxylic acid groups (broad SMARTS) is 1. The van der Waals surface area contributed by atoms with Crippen molar-refractivity contribution in [3.8, 4) is 0 Å². The summed E-state index contributed by atoms with van der Waals surface area (Å²) >= 11 is 0. The van der Waals surface area contributed by atoms with Crippen LogP contribution in [0.4, 0.5) is 5.88 Å². The van der Waals surface area contributed by atoms with E-state index in [0.29, 0.717) is 25.3 Å². The van der Waals surface area contributed by atoms with Gasteiger partial charge in [0.2, 0.25) is 0 Å². The van der Waals surface area contributed by atoms with E-state index < -0.39 is 10.9 Å². The van der Waals surface area contributed by atoms with Gasteiger partial charge in [-0.2, -0.15) is 0 Å². The second-order valence-corrected chi connectivity index (χ2v) is 3.17. The van der Waals surface area contributed by atoms with Gasteiger partial charge >= 0.3 is 11.9 Å². The van der Waals surface area contributed by atoms with Gasteiger partial charge in [0.15, 0.2) is 0 Å². The standard InChI is InChI=1S/C9H12N2O5/c12-9(13)2-1-5-10-6-7-3-4-8(16-7)11(14)15/h3-4,10H,1-2,5-6H2,(H,12,13). The fourth-order valence-electron chi connectivity index (χ4n) is 1.14. The van der Waals surface area contributed by atoms with Crippen LogP contribution in [-0.2, 0) is 11.3 Å². The first-order valence-corrected chi connectivity index (χ1v) is 4.75. The number of hydrogen-bond acceptors (Lipinski definition) is 5. The molecule has 0 aliphatic heterocycles. The van der Waals surface area contributed by atoms with E-state index in [0.717, 1.165) is 0 Å². The van der Waals surface area contributed by atoms with Crippen LogP contribution in [-0.4, -0.2) is 22.5 Å². The number of nitro groups is 1. The molecular weight excluding hydrogens is 216 g/mol. The molecule has 2 N–H and O–H groups in total. The molecule has 0 spiro atoms. The van der Waals surface area contributed by atoms with Crippen molar-refractivity contribution < 1.29 is 19.2 Å². The Labute approximate surface area is 91.2 Å². The van der Waals surface area contributed by atoms with Crippen molar-refractivity contribution in [3.05, 3.63) is 28.0 Å². The number of nitrogens with zero attached hydrogens (tertiary/aromatic N) is 1. The maximum absolute atomic E-state index is 10.3. The minimum absolute atomic E-state index is 0.102. The molecule has 16 heavy (non-hydrogen) atoms. The zero-order valence-corrected chi connectivity index (χ0v) is 8.51. The maximum atomic E-state index is 10.3. The molecule has 0 aliphatic rings. The molecule has 7 nitrogen and oxygen atoms in total. The average Bonchev–Trinajstić information content (AvgIpc) is 2.65. The van der Waals surface area contributed by atoms with Crippen LogP contribution in [0.25, 0.3) is 0 Å². The molecule has 1 aromatic heterocycles. The summed E-state index contributed by atoms with van der Waals surface area (Å²) < 4.78 is 4.89. The predicted octanol–water partition coefficient (Wildman–Crippen LogP) is 1.14. The van der Waals surface area contributed by atoms with Crippen molar-refractivity contribution in [2.24, 2.45) is 0 Å². The number of furan rings is 1. The third-order valence-electron chi connectivity index (χ3n) is 1.87. The number of rotatable bonds is 7. The predicted molar refractivity (Wildman–Crippen MR) is 53.9 cm³/mol. The summed E-state index contributed by atoms with van der Waals surface area (Å²) in [5.74, 6) is -0.667. The highest BCUT2D eigenvalue weighted by Gasteiger charge is 2.10. The Morgan fingerprint density at radius 1 is 1.56 bits per heavy atom. The van der Waals surface area contributed by atoms with Crippen molar-refractivity contribution in [2.75, 3.05) is 6.54 Å². The summed E-state index contributed by atoms with van der Waals surface area (Å²) in [6.45, 7) is 0.883. The molecule has 0 bridgehead atoms. The Morgan fingerprint density at radius 2 is 2.31 bits per heavy atom. The zero-order chi connectivity index (χ0) is 12.0. The number of carboxylic acids is 1. The summed E-state index contributed by atoms with van der Waals surface area (Å²) in [6.07, 6.45) is 0.615.